The number of hydrogen-bond acceptors (Lipinski definition) is 7. The lowest BCUT2D eigenvalue weighted by Gasteiger charge is -2.29. The van der Waals surface area contributed by atoms with Crippen molar-refractivity contribution in [3.05, 3.63) is 87.8 Å². The Morgan fingerprint density at radius 2 is 1.64 bits per heavy atom. The molecule has 15 heteroatoms. The molecule has 7 rings (SSSR count). The minimum absolute atomic E-state index is 0.0674. The van der Waals surface area contributed by atoms with Gasteiger partial charge in [-0.3, -0.25) is 4.79 Å². The number of carbonyl (C=O) groups is 3. The first-order valence-corrected chi connectivity index (χ1v) is 16.7. The number of methoxy groups -OCH3 is 1. The van der Waals surface area contributed by atoms with E-state index in [0.29, 0.717) is 46.1 Å². The first-order valence-electron chi connectivity index (χ1n) is 15.9. The third-order valence-electron chi connectivity index (χ3n) is 9.14. The summed E-state index contributed by atoms with van der Waals surface area (Å²) in [5.74, 6) is -0.288. The highest BCUT2D eigenvalue weighted by Gasteiger charge is 2.44. The molecule has 1 aromatic heterocycles. The van der Waals surface area contributed by atoms with Gasteiger partial charge < -0.3 is 39.2 Å². The number of ether oxygens (including phenoxy) is 3. The van der Waals surface area contributed by atoms with Crippen LogP contribution in [0.15, 0.2) is 59.2 Å². The van der Waals surface area contributed by atoms with Crippen LogP contribution >= 0.6 is 15.9 Å². The number of amides is 4. The van der Waals surface area contributed by atoms with E-state index in [1.165, 1.54) is 42.5 Å². The fraction of sp³-hybridized carbons (Fsp3) is 0.314. The number of aromatic nitrogens is 2. The van der Waals surface area contributed by atoms with E-state index >= 15 is 4.39 Å². The van der Waals surface area contributed by atoms with Crippen molar-refractivity contribution in [3.8, 4) is 33.9 Å². The van der Waals surface area contributed by atoms with Crippen LogP contribution in [0, 0.1) is 17.6 Å². The van der Waals surface area contributed by atoms with Crippen LogP contribution in [0.3, 0.4) is 0 Å². The van der Waals surface area contributed by atoms with Gasteiger partial charge in [0, 0.05) is 34.3 Å². The predicted octanol–water partition coefficient (Wildman–Crippen LogP) is 6.17. The van der Waals surface area contributed by atoms with Crippen LogP contribution in [-0.4, -0.2) is 75.9 Å². The average Bonchev–Trinajstić information content (AvgIpc) is 3.91. The number of hydrogen-bond donors (Lipinski definition) is 2. The Kier molecular flexibility index (Phi) is 8.84. The zero-order valence-corrected chi connectivity index (χ0v) is 28.9. The number of fused-ring (bicyclic) bond motifs is 2. The predicted molar refractivity (Wildman–Crippen MR) is 180 cm³/mol. The number of imidazole rings is 1. The molecule has 0 aliphatic carbocycles. The Morgan fingerprint density at radius 3 is 2.26 bits per heavy atom. The number of nitrogens with zero attached hydrogens (tertiary/aromatic N) is 4. The Morgan fingerprint density at radius 1 is 0.980 bits per heavy atom. The van der Waals surface area contributed by atoms with Gasteiger partial charge >= 0.3 is 12.1 Å². The molecule has 3 aliphatic rings. The molecule has 0 saturated carbocycles. The molecule has 1 fully saturated rings. The first kappa shape index (κ1) is 33.3. The Bertz CT molecular complexity index is 1970. The lowest BCUT2D eigenvalue weighted by molar-refractivity contribution is -0.135. The summed E-state index contributed by atoms with van der Waals surface area (Å²) >= 11 is 3.22. The van der Waals surface area contributed by atoms with Crippen LogP contribution in [0.4, 0.5) is 18.4 Å². The normalized spacial score (nSPS) is 16.9. The molecule has 50 heavy (non-hydrogen) atoms. The highest BCUT2D eigenvalue weighted by molar-refractivity contribution is 9.10. The van der Waals surface area contributed by atoms with Crippen LogP contribution in [0.2, 0.25) is 0 Å². The number of aromatic amines is 1. The van der Waals surface area contributed by atoms with Crippen LogP contribution in [0.25, 0.3) is 22.4 Å². The number of urea groups is 1. The van der Waals surface area contributed by atoms with E-state index in [2.05, 4.69) is 31.2 Å². The molecule has 2 atom stereocenters. The van der Waals surface area contributed by atoms with Crippen LogP contribution in [0.1, 0.15) is 36.8 Å². The van der Waals surface area contributed by atoms with Crippen LogP contribution in [-0.2, 0) is 22.6 Å². The topological polar surface area (TPSA) is 129 Å². The summed E-state index contributed by atoms with van der Waals surface area (Å²) in [7, 11) is 1.21. The van der Waals surface area contributed by atoms with Gasteiger partial charge in [-0.1, -0.05) is 48.0 Å². The molecule has 12 nitrogen and oxygen atoms in total. The smallest absolute Gasteiger partial charge is 0.407 e. The second-order valence-corrected chi connectivity index (χ2v) is 13.6. The molecule has 260 valence electrons. The summed E-state index contributed by atoms with van der Waals surface area (Å²) < 4.78 is 46.3. The fourth-order valence-electron chi connectivity index (χ4n) is 6.51. The summed E-state index contributed by atoms with van der Waals surface area (Å²) in [6.45, 7) is 4.49. The number of H-pyrrole nitrogens is 1. The molecule has 3 aliphatic heterocycles. The number of rotatable bonds is 6. The Hall–Kier alpha value is -5.18. The largest absolute Gasteiger partial charge is 0.454 e. The van der Waals surface area contributed by atoms with Crippen molar-refractivity contribution in [2.45, 2.75) is 39.0 Å². The van der Waals surface area contributed by atoms with E-state index in [-0.39, 0.29) is 43.1 Å². The fourth-order valence-corrected chi connectivity index (χ4v) is 6.84. The van der Waals surface area contributed by atoms with Crippen molar-refractivity contribution in [1.82, 2.24) is 30.0 Å². The molecular weight excluding hydrogens is 718 g/mol. The summed E-state index contributed by atoms with van der Waals surface area (Å²) in [6.07, 6.45) is 0.758. The lowest BCUT2D eigenvalue weighted by atomic mass is 10.0. The molecule has 3 aromatic carbocycles. The minimum Gasteiger partial charge on any atom is -0.454 e. The Labute approximate surface area is 294 Å². The van der Waals surface area contributed by atoms with Gasteiger partial charge in [-0.15, -0.1) is 0 Å². The van der Waals surface area contributed by atoms with E-state index in [9.17, 15) is 18.8 Å². The average molecular weight is 752 g/mol. The van der Waals surface area contributed by atoms with Gasteiger partial charge in [0.25, 0.3) is 0 Å². The molecule has 4 heterocycles. The number of carbonyl (C=O) groups excluding carboxylic acids is 3. The molecule has 0 unspecified atom stereocenters. The summed E-state index contributed by atoms with van der Waals surface area (Å²) in [6, 6.07) is 10.6. The van der Waals surface area contributed by atoms with Gasteiger partial charge in [-0.05, 0) is 47.4 Å². The number of benzene rings is 3. The maximum atomic E-state index is 15.4. The zero-order chi connectivity index (χ0) is 35.3. The minimum atomic E-state index is -0.950. The van der Waals surface area contributed by atoms with Gasteiger partial charge in [0.1, 0.15) is 29.5 Å². The standard InChI is InChI=1S/C35H33BrF2N6O6/c1-18(2)31(41-34(46)48-3)33(45)44-16-43(35(47)42-13-20-9-29-30(50-17-49-29)10-21(20)14-42)15-28(44)32-39-12-27(40-32)19-4-6-23(25(37)8-19)24-7-5-22(36)11-26(24)38/h4-12,18,28,31H,13-17H2,1-3H3,(H,39,40)(H,41,46)/t28-,31-/m0/s1. The van der Waals surface area contributed by atoms with Gasteiger partial charge in [0.2, 0.25) is 12.7 Å². The number of halogens is 3. The quantitative estimate of drug-likeness (QED) is 0.241. The van der Waals surface area contributed by atoms with Crippen molar-refractivity contribution in [2.24, 2.45) is 5.92 Å². The van der Waals surface area contributed by atoms with Crippen molar-refractivity contribution >= 4 is 34.0 Å². The number of nitrogens with one attached hydrogen (secondary N) is 2. The van der Waals surface area contributed by atoms with Crippen molar-refractivity contribution in [1.29, 1.82) is 0 Å². The summed E-state index contributed by atoms with van der Waals surface area (Å²) in [5.41, 5.74) is 3.04. The monoisotopic (exact) mass is 750 g/mol. The SMILES string of the molecule is COC(=O)N[C@H](C(=O)N1CN(C(=O)N2Cc3cc4c(cc3C2)OCO4)C[C@H]1c1ncc(-c2ccc(-c3ccc(Br)cc3F)c(F)c2)[nH]1)C(C)C. The third kappa shape index (κ3) is 6.21. The highest BCUT2D eigenvalue weighted by Crippen LogP contribution is 2.39. The van der Waals surface area contributed by atoms with Crippen molar-refractivity contribution in [3.63, 3.8) is 0 Å². The van der Waals surface area contributed by atoms with Gasteiger partial charge in [-0.2, -0.15) is 0 Å². The van der Waals surface area contributed by atoms with E-state index in [1.807, 2.05) is 12.1 Å². The zero-order valence-electron chi connectivity index (χ0n) is 27.3. The molecule has 4 aromatic rings. The lowest BCUT2D eigenvalue weighted by Crippen LogP contribution is -2.52. The second kappa shape index (κ2) is 13.3. The molecule has 1 saturated heterocycles. The maximum Gasteiger partial charge on any atom is 0.407 e. The molecule has 0 radical (unpaired) electrons. The summed E-state index contributed by atoms with van der Waals surface area (Å²) in [5, 5.41) is 2.62. The second-order valence-electron chi connectivity index (χ2n) is 12.7. The van der Waals surface area contributed by atoms with Gasteiger partial charge in [0.05, 0.1) is 32.2 Å². The first-order chi connectivity index (χ1) is 24.0. The molecular formula is C35H33BrF2N6O6. The summed E-state index contributed by atoms with van der Waals surface area (Å²) in [4.78, 5) is 52.8. The van der Waals surface area contributed by atoms with Crippen LogP contribution in [0.5, 0.6) is 11.5 Å². The number of alkyl carbamates (subject to hydrolysis) is 1. The van der Waals surface area contributed by atoms with Crippen LogP contribution < -0.4 is 14.8 Å². The Balaban J connectivity index is 1.16. The maximum absolute atomic E-state index is 15.4. The van der Waals surface area contributed by atoms with Gasteiger partial charge in [0.15, 0.2) is 11.5 Å². The van der Waals surface area contributed by atoms with Gasteiger partial charge in [-0.25, -0.2) is 23.4 Å². The van der Waals surface area contributed by atoms with Crippen molar-refractivity contribution in [2.75, 3.05) is 27.1 Å². The molecule has 2 N–H and O–H groups in total. The van der Waals surface area contributed by atoms with E-state index in [0.717, 1.165) is 11.1 Å². The highest BCUT2D eigenvalue weighted by atomic mass is 79.9. The van der Waals surface area contributed by atoms with E-state index in [1.54, 1.807) is 35.8 Å². The third-order valence-corrected chi connectivity index (χ3v) is 9.63. The molecule has 4 amide bonds. The van der Waals surface area contributed by atoms with Crippen molar-refractivity contribution < 1.29 is 37.4 Å². The molecule has 0 spiro atoms. The van der Waals surface area contributed by atoms with E-state index < -0.39 is 35.7 Å². The van der Waals surface area contributed by atoms with E-state index in [4.69, 9.17) is 14.2 Å². The molecule has 0 bridgehead atoms.